The Labute approximate surface area is 138 Å². The molecule has 0 unspecified atom stereocenters. The lowest BCUT2D eigenvalue weighted by Crippen LogP contribution is -3.27. The minimum absolute atomic E-state index is 0.244. The third kappa shape index (κ3) is 3.10. The number of hydrogen-bond donors (Lipinski definition) is 2. The van der Waals surface area contributed by atoms with E-state index in [1.165, 1.54) is 10.5 Å². The van der Waals surface area contributed by atoms with E-state index in [0.29, 0.717) is 12.3 Å². The standard InChI is InChI=1S/C17H19N3O2S/c21-17-20(15-3-1-2-4-16(15)22-17)13-19-8-6-18(7-9-19)11-14-5-10-23-12-14/h1-5,10,12H,6-9,11,13H2/p+2. The van der Waals surface area contributed by atoms with Gasteiger partial charge in [-0.2, -0.15) is 11.3 Å². The van der Waals surface area contributed by atoms with E-state index in [-0.39, 0.29) is 5.76 Å². The molecule has 0 atom stereocenters. The van der Waals surface area contributed by atoms with Crippen molar-refractivity contribution in [1.82, 2.24) is 4.57 Å². The number of hydrogen-bond acceptors (Lipinski definition) is 3. The first kappa shape index (κ1) is 14.7. The molecule has 1 aromatic carbocycles. The molecule has 3 aromatic rings. The van der Waals surface area contributed by atoms with Crippen LogP contribution in [0.5, 0.6) is 0 Å². The van der Waals surface area contributed by atoms with Gasteiger partial charge in [-0.25, -0.2) is 9.36 Å². The molecule has 3 heterocycles. The van der Waals surface area contributed by atoms with Crippen LogP contribution in [-0.4, -0.2) is 30.7 Å². The zero-order valence-electron chi connectivity index (χ0n) is 13.0. The van der Waals surface area contributed by atoms with Crippen LogP contribution >= 0.6 is 11.3 Å². The van der Waals surface area contributed by atoms with Gasteiger partial charge in [-0.05, 0) is 29.0 Å². The minimum atomic E-state index is -0.244. The third-order valence-corrected chi connectivity index (χ3v) is 5.39. The summed E-state index contributed by atoms with van der Waals surface area (Å²) >= 11 is 1.77. The number of quaternary nitrogens is 2. The van der Waals surface area contributed by atoms with E-state index < -0.39 is 0 Å². The van der Waals surface area contributed by atoms with Crippen molar-refractivity contribution in [2.45, 2.75) is 13.2 Å². The van der Waals surface area contributed by atoms with Crippen LogP contribution in [0.15, 0.2) is 50.3 Å². The Morgan fingerprint density at radius 1 is 1.09 bits per heavy atom. The highest BCUT2D eigenvalue weighted by Crippen LogP contribution is 2.10. The predicted molar refractivity (Wildman–Crippen MR) is 89.9 cm³/mol. The summed E-state index contributed by atoms with van der Waals surface area (Å²) in [5.41, 5.74) is 3.02. The fraction of sp³-hybridized carbons (Fsp3) is 0.353. The zero-order chi connectivity index (χ0) is 15.6. The highest BCUT2D eigenvalue weighted by molar-refractivity contribution is 7.07. The molecule has 5 nitrogen and oxygen atoms in total. The first-order valence-corrected chi connectivity index (χ1v) is 9.00. The predicted octanol–water partition coefficient (Wildman–Crippen LogP) is -0.403. The molecule has 0 spiro atoms. The van der Waals surface area contributed by atoms with Crippen molar-refractivity contribution in [2.75, 3.05) is 26.2 Å². The van der Waals surface area contributed by atoms with Crippen molar-refractivity contribution in [2.24, 2.45) is 0 Å². The number of nitrogens with one attached hydrogen (secondary N) is 2. The average Bonchev–Trinajstić information content (AvgIpc) is 3.18. The summed E-state index contributed by atoms with van der Waals surface area (Å²) < 4.78 is 7.09. The zero-order valence-corrected chi connectivity index (χ0v) is 13.8. The molecule has 1 saturated heterocycles. The van der Waals surface area contributed by atoms with Crippen LogP contribution in [0.3, 0.4) is 0 Å². The number of para-hydroxylation sites is 2. The Hall–Kier alpha value is -1.89. The molecule has 1 aliphatic heterocycles. The smallest absolute Gasteiger partial charge is 0.408 e. The molecule has 0 amide bonds. The molecule has 23 heavy (non-hydrogen) atoms. The summed E-state index contributed by atoms with van der Waals surface area (Å²) in [6, 6.07) is 9.87. The van der Waals surface area contributed by atoms with Crippen molar-refractivity contribution in [3.05, 3.63) is 57.2 Å². The van der Waals surface area contributed by atoms with Crippen molar-refractivity contribution in [3.63, 3.8) is 0 Å². The van der Waals surface area contributed by atoms with Gasteiger partial charge in [0, 0.05) is 5.56 Å². The molecule has 4 rings (SSSR count). The quantitative estimate of drug-likeness (QED) is 0.683. The minimum Gasteiger partial charge on any atom is -0.408 e. The summed E-state index contributed by atoms with van der Waals surface area (Å²) in [5, 5.41) is 4.39. The molecule has 2 N–H and O–H groups in total. The van der Waals surface area contributed by atoms with E-state index in [1.807, 2.05) is 24.3 Å². The number of rotatable bonds is 4. The van der Waals surface area contributed by atoms with Gasteiger partial charge in [0.15, 0.2) is 12.3 Å². The number of nitrogens with zero attached hydrogens (tertiary/aromatic N) is 1. The van der Waals surface area contributed by atoms with Crippen LogP contribution in [0.1, 0.15) is 5.56 Å². The highest BCUT2D eigenvalue weighted by Gasteiger charge is 2.24. The molecule has 1 aliphatic rings. The van der Waals surface area contributed by atoms with Crippen molar-refractivity contribution < 1.29 is 14.2 Å². The van der Waals surface area contributed by atoms with Gasteiger partial charge in [0.25, 0.3) is 0 Å². The van der Waals surface area contributed by atoms with Gasteiger partial charge in [-0.15, -0.1) is 0 Å². The van der Waals surface area contributed by atoms with Gasteiger partial charge < -0.3 is 14.2 Å². The second-order valence-corrected chi connectivity index (χ2v) is 7.01. The van der Waals surface area contributed by atoms with Gasteiger partial charge >= 0.3 is 5.76 Å². The summed E-state index contributed by atoms with van der Waals surface area (Å²) in [6.45, 7) is 6.29. The molecule has 0 radical (unpaired) electrons. The molecular formula is C17H21N3O2S+2. The monoisotopic (exact) mass is 331 g/mol. The van der Waals surface area contributed by atoms with Gasteiger partial charge in [-0.1, -0.05) is 12.1 Å². The van der Waals surface area contributed by atoms with E-state index >= 15 is 0 Å². The number of aromatic nitrogens is 1. The van der Waals surface area contributed by atoms with E-state index in [1.54, 1.807) is 20.8 Å². The van der Waals surface area contributed by atoms with E-state index in [0.717, 1.165) is 38.2 Å². The Morgan fingerprint density at radius 3 is 2.65 bits per heavy atom. The Balaban J connectivity index is 1.41. The largest absolute Gasteiger partial charge is 0.424 e. The maximum Gasteiger partial charge on any atom is 0.424 e. The topological polar surface area (TPSA) is 44.0 Å². The maximum absolute atomic E-state index is 12.1. The van der Waals surface area contributed by atoms with Crippen LogP contribution in [-0.2, 0) is 13.2 Å². The van der Waals surface area contributed by atoms with Crippen LogP contribution in [0.2, 0.25) is 0 Å². The Morgan fingerprint density at radius 2 is 1.87 bits per heavy atom. The molecule has 2 aromatic heterocycles. The molecular weight excluding hydrogens is 310 g/mol. The van der Waals surface area contributed by atoms with Crippen LogP contribution in [0.4, 0.5) is 0 Å². The summed E-state index contributed by atoms with van der Waals surface area (Å²) in [6.07, 6.45) is 0. The lowest BCUT2D eigenvalue weighted by Gasteiger charge is -2.29. The van der Waals surface area contributed by atoms with Crippen LogP contribution in [0.25, 0.3) is 11.1 Å². The molecule has 0 saturated carbocycles. The third-order valence-electron chi connectivity index (χ3n) is 4.65. The molecule has 0 bridgehead atoms. The fourth-order valence-electron chi connectivity index (χ4n) is 3.36. The normalized spacial score (nSPS) is 21.7. The van der Waals surface area contributed by atoms with Crippen molar-refractivity contribution in [3.8, 4) is 0 Å². The maximum atomic E-state index is 12.1. The van der Waals surface area contributed by atoms with E-state index in [4.69, 9.17) is 4.42 Å². The van der Waals surface area contributed by atoms with Gasteiger partial charge in [0.1, 0.15) is 32.7 Å². The van der Waals surface area contributed by atoms with Crippen LogP contribution < -0.4 is 15.6 Å². The fourth-order valence-corrected chi connectivity index (χ4v) is 4.03. The first-order chi connectivity index (χ1) is 11.3. The van der Waals surface area contributed by atoms with E-state index in [9.17, 15) is 4.79 Å². The molecule has 0 aliphatic carbocycles. The summed E-state index contributed by atoms with van der Waals surface area (Å²) in [5.74, 6) is -0.244. The van der Waals surface area contributed by atoms with Gasteiger partial charge in [-0.3, -0.25) is 0 Å². The number of fused-ring (bicyclic) bond motifs is 1. The second kappa shape index (κ2) is 6.31. The molecule has 6 heteroatoms. The number of piperazine rings is 1. The number of benzene rings is 1. The van der Waals surface area contributed by atoms with Crippen LogP contribution in [0, 0.1) is 0 Å². The lowest BCUT2D eigenvalue weighted by atomic mass is 10.2. The second-order valence-electron chi connectivity index (χ2n) is 6.23. The van der Waals surface area contributed by atoms with Crippen molar-refractivity contribution >= 4 is 22.4 Å². The molecule has 1 fully saturated rings. The number of thiophene rings is 1. The Bertz CT molecular complexity index is 829. The SMILES string of the molecule is O=c1oc2ccccc2n1C[NH+]1CC[NH+](Cc2ccsc2)CC1. The average molecular weight is 331 g/mol. The highest BCUT2D eigenvalue weighted by atomic mass is 32.1. The number of oxazole rings is 1. The van der Waals surface area contributed by atoms with Gasteiger partial charge in [0.2, 0.25) is 0 Å². The van der Waals surface area contributed by atoms with Crippen molar-refractivity contribution in [1.29, 1.82) is 0 Å². The summed E-state index contributed by atoms with van der Waals surface area (Å²) in [7, 11) is 0. The first-order valence-electron chi connectivity index (χ1n) is 8.06. The Kier molecular flexibility index (Phi) is 4.03. The molecule has 120 valence electrons. The van der Waals surface area contributed by atoms with E-state index in [2.05, 4.69) is 16.8 Å². The summed E-state index contributed by atoms with van der Waals surface area (Å²) in [4.78, 5) is 15.2. The van der Waals surface area contributed by atoms with Gasteiger partial charge in [0.05, 0.1) is 5.52 Å². The lowest BCUT2D eigenvalue weighted by molar-refractivity contribution is -1.03.